The summed E-state index contributed by atoms with van der Waals surface area (Å²) in [6.07, 6.45) is 0. The van der Waals surface area contributed by atoms with Gasteiger partial charge in [0.2, 0.25) is 0 Å². The molecular formula is C16H17F2NO. The third kappa shape index (κ3) is 3.85. The fourth-order valence-electron chi connectivity index (χ4n) is 2.06. The average Bonchev–Trinajstić information content (AvgIpc) is 2.38. The first-order chi connectivity index (χ1) is 9.47. The minimum Gasteiger partial charge on any atom is -0.384 e. The maximum atomic E-state index is 13.0. The Bertz CT molecular complexity index is 550. The molecule has 2 N–H and O–H groups in total. The zero-order valence-electron chi connectivity index (χ0n) is 11.2. The summed E-state index contributed by atoms with van der Waals surface area (Å²) >= 11 is 0. The van der Waals surface area contributed by atoms with Gasteiger partial charge in [-0.3, -0.25) is 0 Å². The molecule has 0 amide bonds. The lowest BCUT2D eigenvalue weighted by atomic mass is 9.96. The van der Waals surface area contributed by atoms with Crippen molar-refractivity contribution >= 4 is 0 Å². The van der Waals surface area contributed by atoms with Gasteiger partial charge in [0.1, 0.15) is 11.6 Å². The van der Waals surface area contributed by atoms with E-state index >= 15 is 0 Å². The van der Waals surface area contributed by atoms with Crippen molar-refractivity contribution < 1.29 is 13.9 Å². The van der Waals surface area contributed by atoms with E-state index in [4.69, 9.17) is 0 Å². The molecule has 0 aliphatic rings. The zero-order valence-corrected chi connectivity index (χ0v) is 11.2. The number of aliphatic hydroxyl groups is 1. The number of benzene rings is 2. The standard InChI is InChI=1S/C16H17F2NO/c1-16(20,13-5-3-2-4-6-13)11-19-10-12-7-14(17)9-15(18)8-12/h2-9,19-20H,10-11H2,1H3. The molecule has 1 atom stereocenters. The topological polar surface area (TPSA) is 32.3 Å². The molecule has 2 nitrogen and oxygen atoms in total. The van der Waals surface area contributed by atoms with Crippen molar-refractivity contribution in [3.63, 3.8) is 0 Å². The molecule has 106 valence electrons. The van der Waals surface area contributed by atoms with Crippen LogP contribution in [0.1, 0.15) is 18.1 Å². The Kier molecular flexibility index (Phi) is 4.47. The highest BCUT2D eigenvalue weighted by molar-refractivity contribution is 5.22. The number of halogens is 2. The molecule has 0 aliphatic heterocycles. The van der Waals surface area contributed by atoms with Gasteiger partial charge in [0.25, 0.3) is 0 Å². The molecule has 0 saturated heterocycles. The molecule has 20 heavy (non-hydrogen) atoms. The van der Waals surface area contributed by atoms with Crippen LogP contribution in [0.5, 0.6) is 0 Å². The summed E-state index contributed by atoms with van der Waals surface area (Å²) in [6.45, 7) is 2.27. The Morgan fingerprint density at radius 1 is 1.05 bits per heavy atom. The lowest BCUT2D eigenvalue weighted by molar-refractivity contribution is 0.0566. The van der Waals surface area contributed by atoms with E-state index in [2.05, 4.69) is 5.32 Å². The maximum Gasteiger partial charge on any atom is 0.126 e. The van der Waals surface area contributed by atoms with Crippen LogP contribution in [0.25, 0.3) is 0 Å². The molecule has 0 spiro atoms. The molecule has 2 rings (SSSR count). The van der Waals surface area contributed by atoms with Gasteiger partial charge in [0.15, 0.2) is 0 Å². The first-order valence-electron chi connectivity index (χ1n) is 6.41. The first kappa shape index (κ1) is 14.6. The van der Waals surface area contributed by atoms with E-state index in [1.54, 1.807) is 6.92 Å². The Morgan fingerprint density at radius 2 is 1.65 bits per heavy atom. The molecule has 2 aromatic carbocycles. The molecule has 0 radical (unpaired) electrons. The van der Waals surface area contributed by atoms with Crippen LogP contribution in [0.3, 0.4) is 0 Å². The number of nitrogens with one attached hydrogen (secondary N) is 1. The van der Waals surface area contributed by atoms with E-state index in [1.165, 1.54) is 12.1 Å². The Hall–Kier alpha value is -1.78. The van der Waals surface area contributed by atoms with Crippen LogP contribution in [-0.4, -0.2) is 11.7 Å². The fourth-order valence-corrected chi connectivity index (χ4v) is 2.06. The van der Waals surface area contributed by atoms with E-state index in [0.717, 1.165) is 11.6 Å². The Balaban J connectivity index is 1.95. The molecule has 0 aromatic heterocycles. The van der Waals surface area contributed by atoms with Crippen molar-refractivity contribution in [3.05, 3.63) is 71.3 Å². The van der Waals surface area contributed by atoms with Crippen LogP contribution in [0.2, 0.25) is 0 Å². The highest BCUT2D eigenvalue weighted by Crippen LogP contribution is 2.19. The van der Waals surface area contributed by atoms with Crippen LogP contribution in [-0.2, 0) is 12.1 Å². The third-order valence-electron chi connectivity index (χ3n) is 3.12. The Morgan fingerprint density at radius 3 is 2.25 bits per heavy atom. The summed E-state index contributed by atoms with van der Waals surface area (Å²) < 4.78 is 26.1. The van der Waals surface area contributed by atoms with Crippen molar-refractivity contribution in [2.45, 2.75) is 19.1 Å². The van der Waals surface area contributed by atoms with Gasteiger partial charge in [0, 0.05) is 19.2 Å². The smallest absolute Gasteiger partial charge is 0.126 e. The van der Waals surface area contributed by atoms with Gasteiger partial charge >= 0.3 is 0 Å². The summed E-state index contributed by atoms with van der Waals surface area (Å²) in [5.74, 6) is -1.20. The normalized spacial score (nSPS) is 14.0. The molecule has 1 unspecified atom stereocenters. The molecule has 0 fully saturated rings. The number of hydrogen-bond acceptors (Lipinski definition) is 2. The maximum absolute atomic E-state index is 13.0. The molecule has 4 heteroatoms. The Labute approximate surface area is 117 Å². The highest BCUT2D eigenvalue weighted by atomic mass is 19.1. The second-order valence-corrected chi connectivity index (χ2v) is 5.02. The molecule has 0 saturated carbocycles. The predicted octanol–water partition coefficient (Wildman–Crippen LogP) is 2.96. The molecule has 0 aliphatic carbocycles. The fraction of sp³-hybridized carbons (Fsp3) is 0.250. The second-order valence-electron chi connectivity index (χ2n) is 5.02. The molecule has 0 bridgehead atoms. The lowest BCUT2D eigenvalue weighted by Gasteiger charge is -2.24. The SMILES string of the molecule is CC(O)(CNCc1cc(F)cc(F)c1)c1ccccc1. The van der Waals surface area contributed by atoms with Crippen LogP contribution in [0, 0.1) is 11.6 Å². The molecule has 2 aromatic rings. The predicted molar refractivity (Wildman–Crippen MR) is 74.1 cm³/mol. The van der Waals surface area contributed by atoms with Crippen LogP contribution >= 0.6 is 0 Å². The number of rotatable bonds is 5. The van der Waals surface area contributed by atoms with E-state index in [9.17, 15) is 13.9 Å². The zero-order chi connectivity index (χ0) is 14.6. The van der Waals surface area contributed by atoms with Gasteiger partial charge in [-0.15, -0.1) is 0 Å². The van der Waals surface area contributed by atoms with Gasteiger partial charge < -0.3 is 10.4 Å². The minimum atomic E-state index is -1.03. The van der Waals surface area contributed by atoms with Crippen molar-refractivity contribution in [1.82, 2.24) is 5.32 Å². The third-order valence-corrected chi connectivity index (χ3v) is 3.12. The van der Waals surface area contributed by atoms with Gasteiger partial charge in [-0.1, -0.05) is 30.3 Å². The van der Waals surface area contributed by atoms with Crippen molar-refractivity contribution in [1.29, 1.82) is 0 Å². The van der Waals surface area contributed by atoms with Crippen molar-refractivity contribution in [2.24, 2.45) is 0 Å². The largest absolute Gasteiger partial charge is 0.384 e. The monoisotopic (exact) mass is 277 g/mol. The summed E-state index contributed by atoms with van der Waals surface area (Å²) in [7, 11) is 0. The molecular weight excluding hydrogens is 260 g/mol. The van der Waals surface area contributed by atoms with Crippen LogP contribution in [0.4, 0.5) is 8.78 Å². The molecule has 0 heterocycles. The van der Waals surface area contributed by atoms with Gasteiger partial charge in [-0.25, -0.2) is 8.78 Å². The summed E-state index contributed by atoms with van der Waals surface area (Å²) in [4.78, 5) is 0. The van der Waals surface area contributed by atoms with Crippen molar-refractivity contribution in [3.8, 4) is 0 Å². The van der Waals surface area contributed by atoms with E-state index in [0.29, 0.717) is 5.56 Å². The lowest BCUT2D eigenvalue weighted by Crippen LogP contribution is -2.35. The highest BCUT2D eigenvalue weighted by Gasteiger charge is 2.21. The van der Waals surface area contributed by atoms with Gasteiger partial charge in [-0.05, 0) is 30.2 Å². The van der Waals surface area contributed by atoms with Crippen LogP contribution in [0.15, 0.2) is 48.5 Å². The summed E-state index contributed by atoms with van der Waals surface area (Å²) in [5.41, 5.74) is 0.261. The van der Waals surface area contributed by atoms with E-state index < -0.39 is 17.2 Å². The minimum absolute atomic E-state index is 0.287. The average molecular weight is 277 g/mol. The second kappa shape index (κ2) is 6.11. The van der Waals surface area contributed by atoms with Gasteiger partial charge in [-0.2, -0.15) is 0 Å². The van der Waals surface area contributed by atoms with Crippen LogP contribution < -0.4 is 5.32 Å². The summed E-state index contributed by atoms with van der Waals surface area (Å²) in [5, 5.41) is 13.4. The summed E-state index contributed by atoms with van der Waals surface area (Å²) in [6, 6.07) is 12.6. The first-order valence-corrected chi connectivity index (χ1v) is 6.41. The van der Waals surface area contributed by atoms with Gasteiger partial charge in [0.05, 0.1) is 5.60 Å². The van der Waals surface area contributed by atoms with E-state index in [1.807, 2.05) is 30.3 Å². The quantitative estimate of drug-likeness (QED) is 0.880. The van der Waals surface area contributed by atoms with Crippen molar-refractivity contribution in [2.75, 3.05) is 6.54 Å². The van der Waals surface area contributed by atoms with E-state index in [-0.39, 0.29) is 13.1 Å². The number of hydrogen-bond donors (Lipinski definition) is 2.